The highest BCUT2D eigenvalue weighted by Crippen LogP contribution is 2.30. The van der Waals surface area contributed by atoms with Crippen LogP contribution in [0, 0.1) is 10.1 Å². The second kappa shape index (κ2) is 5.88. The fraction of sp³-hybridized carbons (Fsp3) is 0.385. The van der Waals surface area contributed by atoms with Gasteiger partial charge in [0.25, 0.3) is 5.69 Å². The molecule has 1 unspecified atom stereocenters. The molecule has 1 aliphatic heterocycles. The average Bonchev–Trinajstić information content (AvgIpc) is 2.46. The highest BCUT2D eigenvalue weighted by Gasteiger charge is 2.29. The third-order valence-electron chi connectivity index (χ3n) is 3.30. The zero-order valence-corrected chi connectivity index (χ0v) is 11.4. The molecule has 0 aromatic heterocycles. The fourth-order valence-electron chi connectivity index (χ4n) is 2.20. The molecule has 0 bridgehead atoms. The molecule has 21 heavy (non-hydrogen) atoms. The van der Waals surface area contributed by atoms with E-state index in [2.05, 4.69) is 0 Å². The van der Waals surface area contributed by atoms with Gasteiger partial charge in [0.2, 0.25) is 5.91 Å². The van der Waals surface area contributed by atoms with Gasteiger partial charge >= 0.3 is 0 Å². The Morgan fingerprint density at radius 1 is 1.48 bits per heavy atom. The van der Waals surface area contributed by atoms with Crippen molar-refractivity contribution in [1.29, 1.82) is 0 Å². The molecule has 1 aromatic rings. The number of rotatable bonds is 4. The monoisotopic (exact) mass is 293 g/mol. The van der Waals surface area contributed by atoms with Crippen LogP contribution in [0.15, 0.2) is 18.2 Å². The van der Waals surface area contributed by atoms with Crippen molar-refractivity contribution in [3.8, 4) is 0 Å². The lowest BCUT2D eigenvalue weighted by Crippen LogP contribution is -2.48. The number of morpholine rings is 1. The average molecular weight is 293 g/mol. The Balaban J connectivity index is 2.36. The van der Waals surface area contributed by atoms with E-state index in [1.165, 1.54) is 25.1 Å². The van der Waals surface area contributed by atoms with Gasteiger partial charge in [-0.25, -0.2) is 0 Å². The minimum atomic E-state index is -0.800. The van der Waals surface area contributed by atoms with Gasteiger partial charge in [-0.2, -0.15) is 0 Å². The number of ether oxygens (including phenoxy) is 1. The van der Waals surface area contributed by atoms with Gasteiger partial charge in [0.1, 0.15) is 5.69 Å². The highest BCUT2D eigenvalue weighted by atomic mass is 16.6. The maximum Gasteiger partial charge on any atom is 0.293 e. The molecule has 1 amide bonds. The number of carbonyl (C=O) groups excluding carboxylic acids is 2. The molecule has 1 atom stereocenters. The summed E-state index contributed by atoms with van der Waals surface area (Å²) >= 11 is 0. The molecular formula is C13H15N3O5. The summed E-state index contributed by atoms with van der Waals surface area (Å²) in [6.07, 6.45) is -0.800. The van der Waals surface area contributed by atoms with Crippen LogP contribution in [0.2, 0.25) is 0 Å². The third kappa shape index (κ3) is 3.16. The Hall–Kier alpha value is -2.48. The molecular weight excluding hydrogens is 278 g/mol. The number of nitrogens with two attached hydrogens (primary N) is 1. The summed E-state index contributed by atoms with van der Waals surface area (Å²) in [5.74, 6) is -0.857. The predicted molar refractivity (Wildman–Crippen MR) is 74.2 cm³/mol. The Morgan fingerprint density at radius 2 is 2.19 bits per heavy atom. The van der Waals surface area contributed by atoms with Crippen molar-refractivity contribution in [2.45, 2.75) is 13.0 Å². The van der Waals surface area contributed by atoms with E-state index in [9.17, 15) is 19.7 Å². The van der Waals surface area contributed by atoms with E-state index >= 15 is 0 Å². The van der Waals surface area contributed by atoms with Crippen LogP contribution in [0.4, 0.5) is 11.4 Å². The first kappa shape index (κ1) is 14.9. The van der Waals surface area contributed by atoms with Crippen LogP contribution in [0.25, 0.3) is 0 Å². The van der Waals surface area contributed by atoms with Gasteiger partial charge in [0.15, 0.2) is 11.9 Å². The molecule has 0 saturated carbocycles. The summed E-state index contributed by atoms with van der Waals surface area (Å²) in [4.78, 5) is 34.8. The molecule has 1 heterocycles. The van der Waals surface area contributed by atoms with Gasteiger partial charge in [0.05, 0.1) is 18.1 Å². The van der Waals surface area contributed by atoms with E-state index in [1.807, 2.05) is 0 Å². The molecule has 2 rings (SSSR count). The predicted octanol–water partition coefficient (Wildman–Crippen LogP) is 0.488. The highest BCUT2D eigenvalue weighted by molar-refractivity contribution is 5.95. The summed E-state index contributed by atoms with van der Waals surface area (Å²) < 4.78 is 5.21. The zero-order valence-electron chi connectivity index (χ0n) is 11.4. The smallest absolute Gasteiger partial charge is 0.293 e. The van der Waals surface area contributed by atoms with Crippen LogP contribution in [0.1, 0.15) is 17.3 Å². The summed E-state index contributed by atoms with van der Waals surface area (Å²) in [6, 6.07) is 4.28. The number of nitro groups is 1. The maximum absolute atomic E-state index is 11.3. The first-order valence-corrected chi connectivity index (χ1v) is 6.35. The van der Waals surface area contributed by atoms with E-state index in [4.69, 9.17) is 10.5 Å². The van der Waals surface area contributed by atoms with E-state index in [0.29, 0.717) is 12.2 Å². The van der Waals surface area contributed by atoms with Crippen LogP contribution in [-0.2, 0) is 9.53 Å². The van der Waals surface area contributed by atoms with E-state index in [0.717, 1.165) is 0 Å². The number of hydrogen-bond donors (Lipinski definition) is 1. The molecule has 8 nitrogen and oxygen atoms in total. The first-order valence-electron chi connectivity index (χ1n) is 6.35. The van der Waals surface area contributed by atoms with Crippen molar-refractivity contribution in [2.75, 3.05) is 24.6 Å². The van der Waals surface area contributed by atoms with Crippen LogP contribution in [0.5, 0.6) is 0 Å². The van der Waals surface area contributed by atoms with Crippen molar-refractivity contribution in [3.63, 3.8) is 0 Å². The maximum atomic E-state index is 11.3. The van der Waals surface area contributed by atoms with Crippen molar-refractivity contribution in [1.82, 2.24) is 0 Å². The van der Waals surface area contributed by atoms with Gasteiger partial charge in [-0.3, -0.25) is 19.7 Å². The second-order valence-corrected chi connectivity index (χ2v) is 4.72. The van der Waals surface area contributed by atoms with Gasteiger partial charge in [0, 0.05) is 18.2 Å². The zero-order chi connectivity index (χ0) is 15.6. The number of primary amides is 1. The minimum absolute atomic E-state index is 0.148. The number of amides is 1. The fourth-order valence-corrected chi connectivity index (χ4v) is 2.20. The molecule has 112 valence electrons. The Morgan fingerprint density at radius 3 is 2.76 bits per heavy atom. The van der Waals surface area contributed by atoms with E-state index in [1.54, 1.807) is 4.90 Å². The SMILES string of the molecule is CC(=O)c1ccc(N2CCOC(C(N)=O)C2)c([N+](=O)[O-])c1. The molecule has 2 N–H and O–H groups in total. The van der Waals surface area contributed by atoms with Crippen molar-refractivity contribution in [3.05, 3.63) is 33.9 Å². The van der Waals surface area contributed by atoms with E-state index in [-0.39, 0.29) is 30.2 Å². The van der Waals surface area contributed by atoms with Gasteiger partial charge in [-0.1, -0.05) is 0 Å². The van der Waals surface area contributed by atoms with Crippen LogP contribution in [0.3, 0.4) is 0 Å². The molecule has 1 fully saturated rings. The lowest BCUT2D eigenvalue weighted by atomic mass is 10.1. The number of carbonyl (C=O) groups is 2. The Bertz CT molecular complexity index is 601. The lowest BCUT2D eigenvalue weighted by molar-refractivity contribution is -0.384. The quantitative estimate of drug-likeness (QED) is 0.490. The number of ketones is 1. The van der Waals surface area contributed by atoms with Gasteiger partial charge in [-0.05, 0) is 19.1 Å². The normalized spacial score (nSPS) is 18.3. The van der Waals surface area contributed by atoms with Crippen molar-refractivity contribution < 1.29 is 19.2 Å². The first-order chi connectivity index (χ1) is 9.90. The molecule has 1 saturated heterocycles. The molecule has 1 aromatic carbocycles. The summed E-state index contributed by atoms with van der Waals surface area (Å²) in [5.41, 5.74) is 5.64. The topological polar surface area (TPSA) is 116 Å². The largest absolute Gasteiger partial charge is 0.367 e. The number of benzene rings is 1. The van der Waals surface area contributed by atoms with E-state index < -0.39 is 16.9 Å². The van der Waals surface area contributed by atoms with Crippen molar-refractivity contribution in [2.24, 2.45) is 5.73 Å². The second-order valence-electron chi connectivity index (χ2n) is 4.72. The standard InChI is InChI=1S/C13H15N3O5/c1-8(17)9-2-3-10(11(6-9)16(19)20)15-4-5-21-12(7-15)13(14)18/h2-3,6,12H,4-5,7H2,1H3,(H2,14,18). The minimum Gasteiger partial charge on any atom is -0.367 e. The molecule has 0 spiro atoms. The number of nitro benzene ring substituents is 1. The van der Waals surface area contributed by atoms with Crippen molar-refractivity contribution >= 4 is 23.1 Å². The summed E-state index contributed by atoms with van der Waals surface area (Å²) in [5, 5.41) is 11.2. The number of anilines is 1. The lowest BCUT2D eigenvalue weighted by Gasteiger charge is -2.32. The molecule has 0 aliphatic carbocycles. The molecule has 8 heteroatoms. The number of hydrogen-bond acceptors (Lipinski definition) is 6. The summed E-state index contributed by atoms with van der Waals surface area (Å²) in [7, 11) is 0. The third-order valence-corrected chi connectivity index (χ3v) is 3.30. The van der Waals surface area contributed by atoms with Gasteiger partial charge in [-0.15, -0.1) is 0 Å². The van der Waals surface area contributed by atoms with Gasteiger partial charge < -0.3 is 15.4 Å². The molecule has 0 radical (unpaired) electrons. The number of Topliss-reactive ketones (excluding diaryl/α,β-unsaturated/α-hetero) is 1. The number of nitrogens with zero attached hydrogens (tertiary/aromatic N) is 2. The Labute approximate surface area is 120 Å². The Kier molecular flexibility index (Phi) is 4.18. The van der Waals surface area contributed by atoms with Crippen LogP contribution in [-0.4, -0.2) is 42.4 Å². The van der Waals surface area contributed by atoms with Crippen LogP contribution < -0.4 is 10.6 Å². The summed E-state index contributed by atoms with van der Waals surface area (Å²) in [6.45, 7) is 2.15. The molecule has 1 aliphatic rings. The van der Waals surface area contributed by atoms with Crippen LogP contribution >= 0.6 is 0 Å².